The average molecular weight is 756 g/mol. The van der Waals surface area contributed by atoms with E-state index >= 15 is 0 Å². The zero-order valence-electron chi connectivity index (χ0n) is 31.8. The number of allylic oxidation sites excluding steroid dienone is 3. The van der Waals surface area contributed by atoms with Gasteiger partial charge in [0, 0.05) is 54.9 Å². The first-order chi connectivity index (χ1) is 25.4. The van der Waals surface area contributed by atoms with E-state index in [0.29, 0.717) is 0 Å². The molecule has 5 rings (SSSR count). The lowest BCUT2D eigenvalue weighted by atomic mass is 9.78. The van der Waals surface area contributed by atoms with E-state index in [1.165, 1.54) is 46.1 Å². The molecule has 1 aromatic carbocycles. The lowest BCUT2D eigenvalue weighted by molar-refractivity contribution is -0.161. The second kappa shape index (κ2) is 17.1. The van der Waals surface area contributed by atoms with Crippen LogP contribution in [0.2, 0.25) is 0 Å². The number of phenolic OH excluding ortho intramolecular Hbond substituents is 1. The number of benzene rings is 1. The zero-order valence-corrected chi connectivity index (χ0v) is 31.8. The SMILES string of the molecule is CCOc1c(C)c(O)c2c3c1C(=O)OC=C[C@H](OC)[C@@H](C)[C@@H](OC(C)=O)[C@H](C)[C@H](O)[C@H](C)[C@@H](O)[C@@H](C)C=CC=C(C)C(=O)NC(=C[C@@]31OCC(=O)O1)C2=O. The van der Waals surface area contributed by atoms with Crippen molar-refractivity contribution in [2.24, 2.45) is 23.7 Å². The molecule has 1 saturated heterocycles. The van der Waals surface area contributed by atoms with Crippen molar-refractivity contribution in [1.82, 2.24) is 5.32 Å². The number of hydrogen-bond donors (Lipinski definition) is 4. The molecule has 3 heterocycles. The Morgan fingerprint density at radius 2 is 1.69 bits per heavy atom. The Morgan fingerprint density at radius 1 is 1.00 bits per heavy atom. The number of methoxy groups -OCH3 is 1. The molecule has 4 bridgehead atoms. The minimum Gasteiger partial charge on any atom is -0.507 e. The molecule has 1 spiro atoms. The maximum Gasteiger partial charge on any atom is 0.347 e. The summed E-state index contributed by atoms with van der Waals surface area (Å²) in [7, 11) is 1.39. The van der Waals surface area contributed by atoms with Gasteiger partial charge in [-0.1, -0.05) is 45.9 Å². The van der Waals surface area contributed by atoms with Crippen LogP contribution in [0.4, 0.5) is 0 Å². The number of rotatable bonds is 4. The van der Waals surface area contributed by atoms with Gasteiger partial charge >= 0.3 is 17.9 Å². The molecule has 294 valence electrons. The van der Waals surface area contributed by atoms with Gasteiger partial charge in [-0.3, -0.25) is 14.4 Å². The smallest absolute Gasteiger partial charge is 0.347 e. The zero-order chi connectivity index (χ0) is 40.2. The molecular weight excluding hydrogens is 706 g/mol. The van der Waals surface area contributed by atoms with E-state index in [2.05, 4.69) is 5.32 Å². The van der Waals surface area contributed by atoms with E-state index in [-0.39, 0.29) is 29.1 Å². The number of ketones is 1. The van der Waals surface area contributed by atoms with Gasteiger partial charge in [0.25, 0.3) is 11.7 Å². The quantitative estimate of drug-likeness (QED) is 0.256. The van der Waals surface area contributed by atoms with E-state index in [4.69, 9.17) is 28.4 Å². The largest absolute Gasteiger partial charge is 0.507 e. The van der Waals surface area contributed by atoms with Crippen molar-refractivity contribution >= 4 is 29.6 Å². The van der Waals surface area contributed by atoms with Crippen LogP contribution in [0.5, 0.6) is 11.5 Å². The summed E-state index contributed by atoms with van der Waals surface area (Å²) in [6, 6.07) is 0. The number of esters is 3. The number of hydrogen-bond acceptors (Lipinski definition) is 14. The second-order valence-electron chi connectivity index (χ2n) is 13.8. The summed E-state index contributed by atoms with van der Waals surface area (Å²) in [5.74, 6) is -9.88. The molecule has 3 aliphatic heterocycles. The standard InChI is InChI=1S/C39H49NO14/c1-10-50-36-23(7)33(45)28-30-29(36)38(48)51-15-14-26(49-9)20(4)35(53-24(8)41)22(6)32(44)21(5)31(43)18(2)12-11-13-19(3)37(47)40-25(34(28)46)16-39(30)52-17-27(42)54-39/h11-16,18,20-22,26,31-32,35,43-45H,10,17H2,1-9H3,(H,40,47)/t18-,20+,21+,22+,26-,31-,32+,35+,39-/m0/s1. The van der Waals surface area contributed by atoms with Gasteiger partial charge in [0.2, 0.25) is 5.78 Å². The summed E-state index contributed by atoms with van der Waals surface area (Å²) in [4.78, 5) is 66.4. The molecule has 4 N–H and O–H groups in total. The topological polar surface area (TPSA) is 213 Å². The Hall–Kier alpha value is -4.83. The first-order valence-corrected chi connectivity index (χ1v) is 17.7. The minimum atomic E-state index is -2.27. The third kappa shape index (κ3) is 8.28. The van der Waals surface area contributed by atoms with E-state index < -0.39 is 113 Å². The number of amides is 1. The van der Waals surface area contributed by atoms with Crippen molar-refractivity contribution in [3.8, 4) is 11.5 Å². The van der Waals surface area contributed by atoms with Crippen molar-refractivity contribution in [3.05, 3.63) is 70.2 Å². The molecule has 0 saturated carbocycles. The van der Waals surface area contributed by atoms with Crippen LogP contribution in [0.1, 0.15) is 80.3 Å². The van der Waals surface area contributed by atoms with E-state index in [0.717, 1.165) is 12.3 Å². The molecule has 0 radical (unpaired) electrons. The fraction of sp³-hybridized carbons (Fsp3) is 0.513. The van der Waals surface area contributed by atoms with Gasteiger partial charge < -0.3 is 49.1 Å². The predicted molar refractivity (Wildman–Crippen MR) is 191 cm³/mol. The van der Waals surface area contributed by atoms with Crippen molar-refractivity contribution in [2.75, 3.05) is 20.3 Å². The van der Waals surface area contributed by atoms with Crippen LogP contribution in [0.25, 0.3) is 0 Å². The summed E-state index contributed by atoms with van der Waals surface area (Å²) in [6.45, 7) is 11.9. The monoisotopic (exact) mass is 755 g/mol. The predicted octanol–water partition coefficient (Wildman–Crippen LogP) is 3.42. The van der Waals surface area contributed by atoms with Gasteiger partial charge in [-0.2, -0.15) is 0 Å². The number of aliphatic hydroxyl groups is 2. The minimum absolute atomic E-state index is 0.00718. The highest BCUT2D eigenvalue weighted by Gasteiger charge is 2.53. The van der Waals surface area contributed by atoms with E-state index in [1.54, 1.807) is 40.7 Å². The Kier molecular flexibility index (Phi) is 13.3. The molecule has 4 aliphatic rings. The van der Waals surface area contributed by atoms with Crippen molar-refractivity contribution < 1.29 is 67.7 Å². The molecule has 1 aliphatic carbocycles. The Morgan fingerprint density at radius 3 is 2.28 bits per heavy atom. The van der Waals surface area contributed by atoms with E-state index in [9.17, 15) is 39.3 Å². The normalized spacial score (nSPS) is 31.0. The van der Waals surface area contributed by atoms with Gasteiger partial charge in [-0.15, -0.1) is 0 Å². The first kappa shape index (κ1) is 41.9. The number of carbonyl (C=O) groups excluding carboxylic acids is 5. The van der Waals surface area contributed by atoms with Crippen molar-refractivity contribution in [1.29, 1.82) is 0 Å². The lowest BCUT2D eigenvalue weighted by Crippen LogP contribution is -2.46. The average Bonchev–Trinajstić information content (AvgIpc) is 3.50. The molecule has 15 heteroatoms. The van der Waals surface area contributed by atoms with Crippen LogP contribution in [-0.4, -0.2) is 89.7 Å². The van der Waals surface area contributed by atoms with Crippen molar-refractivity contribution in [2.45, 2.75) is 85.6 Å². The molecule has 9 atom stereocenters. The maximum absolute atomic E-state index is 14.1. The molecule has 0 aromatic heterocycles. The van der Waals surface area contributed by atoms with Crippen LogP contribution in [-0.2, 0) is 43.9 Å². The highest BCUT2D eigenvalue weighted by Crippen LogP contribution is 2.50. The highest BCUT2D eigenvalue weighted by atomic mass is 16.8. The molecular formula is C39H49NO14. The molecule has 54 heavy (non-hydrogen) atoms. The third-order valence-corrected chi connectivity index (χ3v) is 10.1. The summed E-state index contributed by atoms with van der Waals surface area (Å²) >= 11 is 0. The number of aliphatic hydroxyl groups excluding tert-OH is 2. The Bertz CT molecular complexity index is 1790. The summed E-state index contributed by atoms with van der Waals surface area (Å²) in [5, 5.41) is 36.6. The maximum atomic E-state index is 14.1. The highest BCUT2D eigenvalue weighted by molar-refractivity contribution is 6.17. The van der Waals surface area contributed by atoms with Gasteiger partial charge in [-0.05, 0) is 26.8 Å². The van der Waals surface area contributed by atoms with Crippen LogP contribution >= 0.6 is 0 Å². The Labute approximate surface area is 313 Å². The number of nitrogens with one attached hydrogen (secondary N) is 1. The fourth-order valence-corrected chi connectivity index (χ4v) is 6.99. The lowest BCUT2D eigenvalue weighted by Gasteiger charge is -2.38. The van der Waals surface area contributed by atoms with E-state index in [1.807, 2.05) is 0 Å². The molecule has 1 amide bonds. The number of Topliss-reactive ketones (excluding diaryl/α,β-unsaturated/α-hetero) is 1. The van der Waals surface area contributed by atoms with Crippen LogP contribution < -0.4 is 10.1 Å². The second-order valence-corrected chi connectivity index (χ2v) is 13.8. The fourth-order valence-electron chi connectivity index (χ4n) is 6.99. The molecule has 0 unspecified atom stereocenters. The summed E-state index contributed by atoms with van der Waals surface area (Å²) in [6.07, 6.45) is 4.05. The number of phenols is 1. The van der Waals surface area contributed by atoms with Gasteiger partial charge in [-0.25, -0.2) is 9.59 Å². The third-order valence-electron chi connectivity index (χ3n) is 10.1. The summed E-state index contributed by atoms with van der Waals surface area (Å²) in [5.41, 5.74) is -1.56. The van der Waals surface area contributed by atoms with Gasteiger partial charge in [0.1, 0.15) is 29.8 Å². The van der Waals surface area contributed by atoms with Gasteiger partial charge in [0.05, 0.1) is 48.0 Å². The number of ether oxygens (including phenoxy) is 6. The van der Waals surface area contributed by atoms with Gasteiger partial charge in [0.15, 0.2) is 0 Å². The number of aromatic hydroxyl groups is 1. The van der Waals surface area contributed by atoms with Crippen LogP contribution in [0.15, 0.2) is 47.9 Å². The molecule has 1 aromatic rings. The number of carbonyl (C=O) groups is 5. The number of fused-ring (bicyclic) bond motifs is 14. The van der Waals surface area contributed by atoms with Crippen molar-refractivity contribution in [3.63, 3.8) is 0 Å². The summed E-state index contributed by atoms with van der Waals surface area (Å²) < 4.78 is 34.1. The molecule has 1 fully saturated rings. The first-order valence-electron chi connectivity index (χ1n) is 17.7. The Balaban J connectivity index is 1.95. The van der Waals surface area contributed by atoms with Crippen LogP contribution in [0.3, 0.4) is 0 Å². The molecule has 15 nitrogen and oxygen atoms in total. The van der Waals surface area contributed by atoms with Crippen LogP contribution in [0, 0.1) is 30.6 Å².